The molecule has 0 aliphatic carbocycles. The molecular weight excluding hydrogens is 320 g/mol. The minimum atomic E-state index is -0.0899. The van der Waals surface area contributed by atoms with Crippen molar-refractivity contribution < 1.29 is 4.79 Å². The zero-order chi connectivity index (χ0) is 15.4. The summed E-state index contributed by atoms with van der Waals surface area (Å²) in [4.78, 5) is 14.5. The van der Waals surface area contributed by atoms with Crippen molar-refractivity contribution >= 4 is 34.2 Å². The monoisotopic (exact) mass is 336 g/mol. The molecule has 1 unspecified atom stereocenters. The molecule has 1 aromatic carbocycles. The normalized spacial score (nSPS) is 18.8. The number of benzene rings is 1. The van der Waals surface area contributed by atoms with Crippen molar-refractivity contribution in [2.45, 2.75) is 31.7 Å². The summed E-state index contributed by atoms with van der Waals surface area (Å²) in [6, 6.07) is 7.77. The van der Waals surface area contributed by atoms with Crippen molar-refractivity contribution in [1.29, 1.82) is 0 Å². The maximum absolute atomic E-state index is 12.6. The number of carbonyl (C=O) groups excluding carboxylic acids is 1. The SMILES string of the molecule is O=C(Nc1cnns1)N1CCCCCC1c1ccc(Cl)cc1. The largest absolute Gasteiger partial charge is 0.323 e. The van der Waals surface area contributed by atoms with Crippen molar-refractivity contribution in [3.05, 3.63) is 41.0 Å². The van der Waals surface area contributed by atoms with Gasteiger partial charge in [-0.1, -0.05) is 41.1 Å². The topological polar surface area (TPSA) is 58.1 Å². The van der Waals surface area contributed by atoms with E-state index in [0.29, 0.717) is 10.0 Å². The fourth-order valence-electron chi connectivity index (χ4n) is 2.78. The number of aromatic nitrogens is 2. The zero-order valence-electron chi connectivity index (χ0n) is 12.0. The Kier molecular flexibility index (Phi) is 4.90. The fourth-order valence-corrected chi connectivity index (χ4v) is 3.32. The molecule has 22 heavy (non-hydrogen) atoms. The summed E-state index contributed by atoms with van der Waals surface area (Å²) in [7, 11) is 0. The highest BCUT2D eigenvalue weighted by molar-refractivity contribution is 7.10. The molecule has 2 amide bonds. The van der Waals surface area contributed by atoms with Gasteiger partial charge in [-0.05, 0) is 30.5 Å². The zero-order valence-corrected chi connectivity index (χ0v) is 13.6. The Bertz CT molecular complexity index is 617. The molecule has 0 saturated carbocycles. The molecule has 1 aromatic heterocycles. The van der Waals surface area contributed by atoms with Crippen LogP contribution in [0.15, 0.2) is 30.5 Å². The van der Waals surface area contributed by atoms with E-state index < -0.39 is 0 Å². The van der Waals surface area contributed by atoms with Crippen molar-refractivity contribution in [2.24, 2.45) is 0 Å². The number of urea groups is 1. The van der Waals surface area contributed by atoms with Crippen LogP contribution in [0.25, 0.3) is 0 Å². The number of halogens is 1. The number of anilines is 1. The van der Waals surface area contributed by atoms with E-state index in [9.17, 15) is 4.79 Å². The number of hydrogen-bond acceptors (Lipinski definition) is 4. The average Bonchev–Trinajstić information content (AvgIpc) is 2.90. The second-order valence-corrected chi connectivity index (χ2v) is 6.54. The minimum absolute atomic E-state index is 0.0839. The summed E-state index contributed by atoms with van der Waals surface area (Å²) in [6.07, 6.45) is 5.83. The first kappa shape index (κ1) is 15.2. The molecular formula is C15H17ClN4OS. The van der Waals surface area contributed by atoms with Gasteiger partial charge in [0.15, 0.2) is 0 Å². The Hall–Kier alpha value is -1.66. The van der Waals surface area contributed by atoms with E-state index in [1.165, 1.54) is 11.5 Å². The molecule has 5 nitrogen and oxygen atoms in total. The van der Waals surface area contributed by atoms with Crippen LogP contribution in [0.4, 0.5) is 9.80 Å². The molecule has 116 valence electrons. The number of rotatable bonds is 2. The number of nitrogens with one attached hydrogen (secondary N) is 1. The highest BCUT2D eigenvalue weighted by Crippen LogP contribution is 2.31. The van der Waals surface area contributed by atoms with Crippen LogP contribution < -0.4 is 5.32 Å². The van der Waals surface area contributed by atoms with Crippen molar-refractivity contribution in [3.8, 4) is 0 Å². The van der Waals surface area contributed by atoms with Crippen molar-refractivity contribution in [1.82, 2.24) is 14.5 Å². The first-order chi connectivity index (χ1) is 10.7. The smallest absolute Gasteiger partial charge is 0.317 e. The lowest BCUT2D eigenvalue weighted by molar-refractivity contribution is 0.189. The van der Waals surface area contributed by atoms with Gasteiger partial charge in [-0.2, -0.15) is 0 Å². The number of likely N-dealkylation sites (tertiary alicyclic amines) is 1. The predicted molar refractivity (Wildman–Crippen MR) is 88.3 cm³/mol. The van der Waals surface area contributed by atoms with Crippen LogP contribution in [0.2, 0.25) is 5.02 Å². The molecule has 0 radical (unpaired) electrons. The van der Waals surface area contributed by atoms with Crippen LogP contribution in [0.3, 0.4) is 0 Å². The number of hydrogen-bond donors (Lipinski definition) is 1. The second-order valence-electron chi connectivity index (χ2n) is 5.32. The molecule has 7 heteroatoms. The molecule has 1 saturated heterocycles. The highest BCUT2D eigenvalue weighted by atomic mass is 35.5. The van der Waals surface area contributed by atoms with E-state index in [4.69, 9.17) is 11.6 Å². The lowest BCUT2D eigenvalue weighted by atomic mass is 10.0. The van der Waals surface area contributed by atoms with Crippen molar-refractivity contribution in [2.75, 3.05) is 11.9 Å². The van der Waals surface area contributed by atoms with Gasteiger partial charge in [-0.25, -0.2) is 4.79 Å². The Morgan fingerprint density at radius 2 is 2.09 bits per heavy atom. The lowest BCUT2D eigenvalue weighted by Crippen LogP contribution is -2.37. The number of carbonyl (C=O) groups is 1. The van der Waals surface area contributed by atoms with E-state index in [0.717, 1.165) is 37.8 Å². The maximum Gasteiger partial charge on any atom is 0.323 e. The highest BCUT2D eigenvalue weighted by Gasteiger charge is 2.27. The molecule has 1 aliphatic rings. The first-order valence-electron chi connectivity index (χ1n) is 7.34. The Morgan fingerprint density at radius 3 is 2.82 bits per heavy atom. The van der Waals surface area contributed by atoms with Crippen LogP contribution in [-0.2, 0) is 0 Å². The van der Waals surface area contributed by atoms with Crippen LogP contribution in [0, 0.1) is 0 Å². The minimum Gasteiger partial charge on any atom is -0.317 e. The Balaban J connectivity index is 1.81. The van der Waals surface area contributed by atoms with Crippen LogP contribution in [0.5, 0.6) is 0 Å². The standard InChI is InChI=1S/C15H17ClN4OS/c16-12-7-5-11(6-8-12)13-4-2-1-3-9-20(13)15(21)18-14-10-17-19-22-14/h5-8,10,13H,1-4,9H2,(H,18,21). The Labute approximate surface area is 138 Å². The fraction of sp³-hybridized carbons (Fsp3) is 0.400. The van der Waals surface area contributed by atoms with E-state index in [1.807, 2.05) is 29.2 Å². The molecule has 0 bridgehead atoms. The maximum atomic E-state index is 12.6. The average molecular weight is 337 g/mol. The number of amides is 2. The van der Waals surface area contributed by atoms with Gasteiger partial charge in [0.2, 0.25) is 0 Å². The Morgan fingerprint density at radius 1 is 1.27 bits per heavy atom. The molecule has 1 aliphatic heterocycles. The summed E-state index contributed by atoms with van der Waals surface area (Å²) < 4.78 is 3.77. The summed E-state index contributed by atoms with van der Waals surface area (Å²) in [6.45, 7) is 0.755. The third kappa shape index (κ3) is 3.56. The van der Waals surface area contributed by atoms with Gasteiger partial charge in [0.25, 0.3) is 0 Å². The van der Waals surface area contributed by atoms with E-state index >= 15 is 0 Å². The van der Waals surface area contributed by atoms with Gasteiger partial charge in [0, 0.05) is 23.1 Å². The summed E-state index contributed by atoms with van der Waals surface area (Å²) >= 11 is 7.15. The number of nitrogens with zero attached hydrogens (tertiary/aromatic N) is 3. The third-order valence-electron chi connectivity index (χ3n) is 3.86. The molecule has 0 spiro atoms. The van der Waals surface area contributed by atoms with Gasteiger partial charge < -0.3 is 4.90 Å². The quantitative estimate of drug-likeness (QED) is 0.887. The molecule has 1 atom stereocenters. The van der Waals surface area contributed by atoms with Gasteiger partial charge in [-0.15, -0.1) is 5.10 Å². The summed E-state index contributed by atoms with van der Waals surface area (Å²) in [5.74, 6) is 0. The van der Waals surface area contributed by atoms with E-state index in [-0.39, 0.29) is 12.1 Å². The van der Waals surface area contributed by atoms with Gasteiger partial charge in [0.1, 0.15) is 5.00 Å². The molecule has 1 N–H and O–H groups in total. The summed E-state index contributed by atoms with van der Waals surface area (Å²) in [5, 5.41) is 8.01. The third-order valence-corrected chi connectivity index (χ3v) is 4.69. The van der Waals surface area contributed by atoms with Crippen LogP contribution >= 0.6 is 23.1 Å². The molecule has 2 heterocycles. The summed E-state index contributed by atoms with van der Waals surface area (Å²) in [5.41, 5.74) is 1.13. The lowest BCUT2D eigenvalue weighted by Gasteiger charge is -2.30. The van der Waals surface area contributed by atoms with Gasteiger partial charge in [-0.3, -0.25) is 5.32 Å². The predicted octanol–water partition coefficient (Wildman–Crippen LogP) is 4.34. The second kappa shape index (κ2) is 7.07. The van der Waals surface area contributed by atoms with Crippen LogP contribution in [0.1, 0.15) is 37.3 Å². The van der Waals surface area contributed by atoms with E-state index in [2.05, 4.69) is 14.9 Å². The molecule has 1 fully saturated rings. The van der Waals surface area contributed by atoms with Gasteiger partial charge in [0.05, 0.1) is 12.2 Å². The van der Waals surface area contributed by atoms with E-state index in [1.54, 1.807) is 6.20 Å². The first-order valence-corrected chi connectivity index (χ1v) is 8.49. The molecule has 2 aromatic rings. The van der Waals surface area contributed by atoms with Crippen molar-refractivity contribution in [3.63, 3.8) is 0 Å². The molecule has 3 rings (SSSR count). The van der Waals surface area contributed by atoms with Crippen LogP contribution in [-0.4, -0.2) is 27.1 Å². The van der Waals surface area contributed by atoms with Gasteiger partial charge >= 0.3 is 6.03 Å².